The van der Waals surface area contributed by atoms with Crippen LogP contribution in [0.15, 0.2) is 25.3 Å². The molecule has 12 heavy (non-hydrogen) atoms. The molecule has 0 aromatic heterocycles. The van der Waals surface area contributed by atoms with Crippen molar-refractivity contribution < 1.29 is 10.6 Å². The fraction of sp³-hybridized carbons (Fsp3) is 0.500. The van der Waals surface area contributed by atoms with Gasteiger partial charge in [0, 0.05) is 19.6 Å². The van der Waals surface area contributed by atoms with Crippen molar-refractivity contribution in [2.24, 2.45) is 0 Å². The Balaban J connectivity index is -0.000000405. The van der Waals surface area contributed by atoms with Gasteiger partial charge in [-0.2, -0.15) is 0 Å². The Morgan fingerprint density at radius 2 is 1.58 bits per heavy atom. The van der Waals surface area contributed by atoms with Crippen molar-refractivity contribution in [3.8, 4) is 0 Å². The van der Waals surface area contributed by atoms with Gasteiger partial charge in [0.25, 0.3) is 0 Å². The molecule has 0 aliphatic rings. The molecule has 0 aromatic rings. The van der Waals surface area contributed by atoms with Gasteiger partial charge in [-0.25, -0.2) is 0 Å². The van der Waals surface area contributed by atoms with E-state index < -0.39 is 0 Å². The van der Waals surface area contributed by atoms with E-state index in [1.54, 1.807) is 0 Å². The van der Waals surface area contributed by atoms with Crippen molar-refractivity contribution in [3.05, 3.63) is 25.3 Å². The number of aliphatic hydroxyl groups is 1. The summed E-state index contributed by atoms with van der Waals surface area (Å²) in [6.45, 7) is 9.73. The van der Waals surface area contributed by atoms with E-state index in [1.165, 1.54) is 0 Å². The summed E-state index contributed by atoms with van der Waals surface area (Å²) < 4.78 is 0. The molecule has 74 valence electrons. The Bertz CT molecular complexity index is 99.2. The van der Waals surface area contributed by atoms with Crippen molar-refractivity contribution in [1.29, 1.82) is 0 Å². The van der Waals surface area contributed by atoms with Crippen LogP contribution in [-0.4, -0.2) is 41.7 Å². The van der Waals surface area contributed by atoms with E-state index in [2.05, 4.69) is 18.1 Å². The molecular weight excluding hydrogens is 178 g/mol. The Morgan fingerprint density at radius 1 is 1.17 bits per heavy atom. The molecule has 0 amide bonds. The monoisotopic (exact) mass is 195 g/mol. The molecule has 3 nitrogen and oxygen atoms in total. The van der Waals surface area contributed by atoms with Crippen LogP contribution in [0.1, 0.15) is 0 Å². The first-order valence-electron chi connectivity index (χ1n) is 3.40. The Kier molecular flexibility index (Phi) is 19.5. The van der Waals surface area contributed by atoms with Gasteiger partial charge in [0.15, 0.2) is 0 Å². The lowest BCUT2D eigenvalue weighted by atomic mass is 10.4. The van der Waals surface area contributed by atoms with Gasteiger partial charge in [-0.3, -0.25) is 4.90 Å². The van der Waals surface area contributed by atoms with E-state index in [-0.39, 0.29) is 24.5 Å². The van der Waals surface area contributed by atoms with Gasteiger partial charge < -0.3 is 10.6 Å². The molecule has 3 N–H and O–H groups in total. The highest BCUT2D eigenvalue weighted by Crippen LogP contribution is 1.86. The van der Waals surface area contributed by atoms with Gasteiger partial charge in [-0.1, -0.05) is 12.2 Å². The average molecular weight is 196 g/mol. The minimum atomic E-state index is 0. The highest BCUT2D eigenvalue weighted by molar-refractivity contribution is 5.85. The highest BCUT2D eigenvalue weighted by Gasteiger charge is 1.96. The smallest absolute Gasteiger partial charge is 0.0558 e. The van der Waals surface area contributed by atoms with Crippen LogP contribution in [0.3, 0.4) is 0 Å². The number of nitrogens with zero attached hydrogens (tertiary/aromatic N) is 1. The SMILES string of the molecule is C=CCN(CC=C)CCO.Cl.O. The first-order valence-corrected chi connectivity index (χ1v) is 3.40. The van der Waals surface area contributed by atoms with Gasteiger partial charge in [-0.15, -0.1) is 25.6 Å². The van der Waals surface area contributed by atoms with Gasteiger partial charge in [0.1, 0.15) is 0 Å². The molecule has 0 aromatic carbocycles. The van der Waals surface area contributed by atoms with Crippen LogP contribution in [0.5, 0.6) is 0 Å². The maximum atomic E-state index is 8.58. The number of aliphatic hydroxyl groups excluding tert-OH is 1. The molecule has 0 unspecified atom stereocenters. The number of halogens is 1. The van der Waals surface area contributed by atoms with Crippen LogP contribution < -0.4 is 0 Å². The zero-order valence-electron chi connectivity index (χ0n) is 7.20. The summed E-state index contributed by atoms with van der Waals surface area (Å²) in [5.74, 6) is 0. The molecule has 0 saturated heterocycles. The zero-order chi connectivity index (χ0) is 7.82. The van der Waals surface area contributed by atoms with Gasteiger partial charge in [0.05, 0.1) is 6.61 Å². The lowest BCUT2D eigenvalue weighted by molar-refractivity contribution is 0.220. The second-order valence-corrected chi connectivity index (χ2v) is 2.06. The summed E-state index contributed by atoms with van der Waals surface area (Å²) in [6.07, 6.45) is 3.64. The van der Waals surface area contributed by atoms with Gasteiger partial charge in [-0.05, 0) is 0 Å². The lowest BCUT2D eigenvalue weighted by Gasteiger charge is -2.16. The molecule has 0 atom stereocenters. The fourth-order valence-electron chi connectivity index (χ4n) is 0.764. The molecule has 0 radical (unpaired) electrons. The van der Waals surface area contributed by atoms with Crippen LogP contribution in [0.25, 0.3) is 0 Å². The van der Waals surface area contributed by atoms with Crippen LogP contribution in [0.4, 0.5) is 0 Å². The molecule has 0 rings (SSSR count). The summed E-state index contributed by atoms with van der Waals surface area (Å²) in [6, 6.07) is 0. The third kappa shape index (κ3) is 9.65. The van der Waals surface area contributed by atoms with E-state index >= 15 is 0 Å². The fourth-order valence-corrected chi connectivity index (χ4v) is 0.764. The third-order valence-electron chi connectivity index (χ3n) is 1.19. The van der Waals surface area contributed by atoms with Crippen LogP contribution in [0.2, 0.25) is 0 Å². The Hall–Kier alpha value is -0.350. The third-order valence-corrected chi connectivity index (χ3v) is 1.19. The largest absolute Gasteiger partial charge is 0.412 e. The molecule has 0 spiro atoms. The van der Waals surface area contributed by atoms with Crippen LogP contribution in [0, 0.1) is 0 Å². The van der Waals surface area contributed by atoms with E-state index in [4.69, 9.17) is 5.11 Å². The topological polar surface area (TPSA) is 55.0 Å². The van der Waals surface area contributed by atoms with Crippen LogP contribution >= 0.6 is 12.4 Å². The maximum Gasteiger partial charge on any atom is 0.0558 e. The minimum Gasteiger partial charge on any atom is -0.412 e. The first-order chi connectivity index (χ1) is 4.85. The Morgan fingerprint density at radius 3 is 1.83 bits per heavy atom. The maximum absolute atomic E-state index is 8.58. The summed E-state index contributed by atoms with van der Waals surface area (Å²) in [5, 5.41) is 8.58. The quantitative estimate of drug-likeness (QED) is 0.618. The second kappa shape index (κ2) is 13.3. The van der Waals surface area contributed by atoms with E-state index in [0.717, 1.165) is 13.1 Å². The second-order valence-electron chi connectivity index (χ2n) is 2.06. The molecule has 0 aliphatic heterocycles. The van der Waals surface area contributed by atoms with Gasteiger partial charge >= 0.3 is 0 Å². The molecule has 0 fully saturated rings. The number of rotatable bonds is 6. The predicted molar refractivity (Wildman–Crippen MR) is 54.8 cm³/mol. The predicted octanol–water partition coefficient (Wildman–Crippen LogP) is 0.250. The summed E-state index contributed by atoms with van der Waals surface area (Å²) in [4.78, 5) is 2.06. The summed E-state index contributed by atoms with van der Waals surface area (Å²) in [7, 11) is 0. The van der Waals surface area contributed by atoms with Gasteiger partial charge in [0.2, 0.25) is 0 Å². The molecule has 0 bridgehead atoms. The molecule has 0 saturated carbocycles. The lowest BCUT2D eigenvalue weighted by Crippen LogP contribution is -2.26. The molecule has 4 heteroatoms. The van der Waals surface area contributed by atoms with Crippen molar-refractivity contribution in [2.75, 3.05) is 26.2 Å². The normalized spacial score (nSPS) is 8.17. The van der Waals surface area contributed by atoms with E-state index in [0.29, 0.717) is 6.54 Å². The Labute approximate surface area is 80.1 Å². The van der Waals surface area contributed by atoms with E-state index in [9.17, 15) is 0 Å². The number of hydrogen-bond acceptors (Lipinski definition) is 2. The standard InChI is InChI=1S/C8H15NO.ClH.H2O/c1-3-5-9(6-4-2)7-8-10;;/h3-4,10H,1-2,5-8H2;1H;1H2. The number of hydrogen-bond donors (Lipinski definition) is 1. The molecule has 0 aliphatic carbocycles. The minimum absolute atomic E-state index is 0. The average Bonchev–Trinajstić information content (AvgIpc) is 1.90. The van der Waals surface area contributed by atoms with Crippen molar-refractivity contribution in [2.45, 2.75) is 0 Å². The summed E-state index contributed by atoms with van der Waals surface area (Å²) >= 11 is 0. The van der Waals surface area contributed by atoms with Crippen molar-refractivity contribution >= 4 is 12.4 Å². The van der Waals surface area contributed by atoms with Crippen LogP contribution in [-0.2, 0) is 0 Å². The highest BCUT2D eigenvalue weighted by atomic mass is 35.5. The van der Waals surface area contributed by atoms with E-state index in [1.807, 2.05) is 12.2 Å². The summed E-state index contributed by atoms with van der Waals surface area (Å²) in [5.41, 5.74) is 0. The molecule has 0 heterocycles. The zero-order valence-corrected chi connectivity index (χ0v) is 8.02. The van der Waals surface area contributed by atoms with Crippen molar-refractivity contribution in [1.82, 2.24) is 4.90 Å². The molecular formula is C8H18ClNO2. The van der Waals surface area contributed by atoms with Crippen molar-refractivity contribution in [3.63, 3.8) is 0 Å². The first kappa shape index (κ1) is 17.7.